The number of rotatable bonds is 6. The first kappa shape index (κ1) is 20.6. The monoisotopic (exact) mass is 412 g/mol. The minimum Gasteiger partial charge on any atom is -0.462 e. The second kappa shape index (κ2) is 8.49. The lowest BCUT2D eigenvalue weighted by Gasteiger charge is -2.18. The Hall–Kier alpha value is -3.12. The van der Waals surface area contributed by atoms with Crippen molar-refractivity contribution < 1.29 is 19.1 Å². The zero-order valence-corrected chi connectivity index (χ0v) is 17.2. The highest BCUT2D eigenvalue weighted by Gasteiger charge is 2.40. The van der Waals surface area contributed by atoms with Gasteiger partial charge in [0.05, 0.1) is 17.9 Å². The van der Waals surface area contributed by atoms with Gasteiger partial charge in [-0.3, -0.25) is 9.59 Å². The summed E-state index contributed by atoms with van der Waals surface area (Å²) in [4.78, 5) is 39.1. The number of para-hydroxylation sites is 1. The van der Waals surface area contributed by atoms with E-state index in [1.165, 1.54) is 12.1 Å². The quantitative estimate of drug-likeness (QED) is 0.565. The fraction of sp³-hybridized carbons (Fsp3) is 0.227. The Morgan fingerprint density at radius 2 is 1.72 bits per heavy atom. The molecule has 1 aliphatic heterocycles. The molecule has 0 aliphatic carbocycles. The highest BCUT2D eigenvalue weighted by Crippen LogP contribution is 2.32. The van der Waals surface area contributed by atoms with Gasteiger partial charge in [-0.25, -0.2) is 9.69 Å². The van der Waals surface area contributed by atoms with Gasteiger partial charge in [0.25, 0.3) is 11.8 Å². The van der Waals surface area contributed by atoms with Crippen molar-refractivity contribution in [2.75, 3.05) is 16.8 Å². The topological polar surface area (TPSA) is 75.7 Å². The normalized spacial score (nSPS) is 13.9. The zero-order chi connectivity index (χ0) is 21.1. The summed E-state index contributed by atoms with van der Waals surface area (Å²) in [5, 5.41) is 2.72. The SMILES string of the molecule is CCCOC(=O)c1ccccc1N1C(=O)C(Cl)=C(Nc2cc(C)cc(C)c2)C1=O. The second-order valence-electron chi connectivity index (χ2n) is 6.79. The predicted octanol–water partition coefficient (Wildman–Crippen LogP) is 4.31. The number of carbonyl (C=O) groups excluding carboxylic acids is 3. The van der Waals surface area contributed by atoms with Crippen LogP contribution in [0.25, 0.3) is 0 Å². The van der Waals surface area contributed by atoms with Crippen LogP contribution in [-0.4, -0.2) is 24.4 Å². The number of esters is 1. The maximum atomic E-state index is 13.0. The molecule has 1 N–H and O–H groups in total. The molecule has 2 aromatic rings. The molecule has 2 amide bonds. The van der Waals surface area contributed by atoms with Crippen molar-refractivity contribution >= 4 is 40.8 Å². The molecule has 0 bridgehead atoms. The van der Waals surface area contributed by atoms with E-state index in [1.807, 2.05) is 39.0 Å². The lowest BCUT2D eigenvalue weighted by molar-refractivity contribution is -0.120. The smallest absolute Gasteiger partial charge is 0.340 e. The third kappa shape index (κ3) is 4.17. The molecule has 1 heterocycles. The van der Waals surface area contributed by atoms with Gasteiger partial charge in [0.1, 0.15) is 10.7 Å². The van der Waals surface area contributed by atoms with Crippen LogP contribution < -0.4 is 10.2 Å². The first-order chi connectivity index (χ1) is 13.8. The highest BCUT2D eigenvalue weighted by atomic mass is 35.5. The average Bonchev–Trinajstić information content (AvgIpc) is 2.88. The zero-order valence-electron chi connectivity index (χ0n) is 16.4. The number of amides is 2. The van der Waals surface area contributed by atoms with Gasteiger partial charge in [0, 0.05) is 5.69 Å². The summed E-state index contributed by atoms with van der Waals surface area (Å²) >= 11 is 6.20. The van der Waals surface area contributed by atoms with Crippen LogP contribution in [0.2, 0.25) is 0 Å². The maximum absolute atomic E-state index is 13.0. The van der Waals surface area contributed by atoms with Gasteiger partial charge < -0.3 is 10.1 Å². The van der Waals surface area contributed by atoms with E-state index in [0.717, 1.165) is 16.0 Å². The molecular formula is C22H21ClN2O4. The summed E-state index contributed by atoms with van der Waals surface area (Å²) in [6, 6.07) is 12.0. The van der Waals surface area contributed by atoms with E-state index in [9.17, 15) is 14.4 Å². The fourth-order valence-electron chi connectivity index (χ4n) is 3.14. The highest BCUT2D eigenvalue weighted by molar-refractivity contribution is 6.53. The maximum Gasteiger partial charge on any atom is 0.340 e. The number of hydrogen-bond donors (Lipinski definition) is 1. The number of nitrogens with zero attached hydrogens (tertiary/aromatic N) is 1. The molecular weight excluding hydrogens is 392 g/mol. The number of hydrogen-bond acceptors (Lipinski definition) is 5. The predicted molar refractivity (Wildman–Crippen MR) is 112 cm³/mol. The van der Waals surface area contributed by atoms with Gasteiger partial charge in [0.2, 0.25) is 0 Å². The van der Waals surface area contributed by atoms with Crippen molar-refractivity contribution in [3.05, 3.63) is 69.9 Å². The Balaban J connectivity index is 1.94. The van der Waals surface area contributed by atoms with Gasteiger partial charge in [-0.05, 0) is 55.7 Å². The second-order valence-corrected chi connectivity index (χ2v) is 7.17. The lowest BCUT2D eigenvalue weighted by Crippen LogP contribution is -2.33. The number of benzene rings is 2. The van der Waals surface area contributed by atoms with Crippen LogP contribution in [0.15, 0.2) is 53.2 Å². The summed E-state index contributed by atoms with van der Waals surface area (Å²) < 4.78 is 5.17. The number of aryl methyl sites for hydroxylation is 2. The minimum atomic E-state index is -0.695. The Labute approximate surface area is 174 Å². The lowest BCUT2D eigenvalue weighted by atomic mass is 10.1. The number of halogens is 1. The number of imide groups is 1. The van der Waals surface area contributed by atoms with Crippen molar-refractivity contribution in [3.63, 3.8) is 0 Å². The molecule has 0 fully saturated rings. The first-order valence-corrected chi connectivity index (χ1v) is 9.61. The van der Waals surface area contributed by atoms with Gasteiger partial charge in [-0.2, -0.15) is 0 Å². The van der Waals surface area contributed by atoms with Crippen LogP contribution in [0.5, 0.6) is 0 Å². The van der Waals surface area contributed by atoms with E-state index in [1.54, 1.807) is 12.1 Å². The van der Waals surface area contributed by atoms with Crippen LogP contribution in [-0.2, 0) is 14.3 Å². The summed E-state index contributed by atoms with van der Waals surface area (Å²) in [7, 11) is 0. The molecule has 150 valence electrons. The molecule has 3 rings (SSSR count). The minimum absolute atomic E-state index is 0.0293. The first-order valence-electron chi connectivity index (χ1n) is 9.23. The molecule has 0 saturated heterocycles. The van der Waals surface area contributed by atoms with Crippen LogP contribution in [0.3, 0.4) is 0 Å². The molecule has 29 heavy (non-hydrogen) atoms. The molecule has 6 nitrogen and oxygen atoms in total. The molecule has 7 heteroatoms. The number of ether oxygens (including phenoxy) is 1. The van der Waals surface area contributed by atoms with E-state index in [0.29, 0.717) is 12.1 Å². The van der Waals surface area contributed by atoms with E-state index in [-0.39, 0.29) is 28.6 Å². The molecule has 0 atom stereocenters. The largest absolute Gasteiger partial charge is 0.462 e. The van der Waals surface area contributed by atoms with Crippen molar-refractivity contribution in [2.24, 2.45) is 0 Å². The standard InChI is InChI=1S/C22H21ClN2O4/c1-4-9-29-22(28)16-7-5-6-8-17(16)25-20(26)18(23)19(21(25)27)24-15-11-13(2)10-14(3)12-15/h5-8,10-12,24H,4,9H2,1-3H3. The van der Waals surface area contributed by atoms with E-state index in [2.05, 4.69) is 5.32 Å². The Bertz CT molecular complexity index is 1010. The Kier molecular flexibility index (Phi) is 6.03. The van der Waals surface area contributed by atoms with Crippen molar-refractivity contribution in [1.82, 2.24) is 0 Å². The summed E-state index contributed by atoms with van der Waals surface area (Å²) in [6.07, 6.45) is 0.660. The summed E-state index contributed by atoms with van der Waals surface area (Å²) in [6.45, 7) is 5.98. The summed E-state index contributed by atoms with van der Waals surface area (Å²) in [5.74, 6) is -1.93. The third-order valence-corrected chi connectivity index (χ3v) is 4.67. The molecule has 0 aromatic heterocycles. The molecule has 0 saturated carbocycles. The molecule has 2 aromatic carbocycles. The van der Waals surface area contributed by atoms with E-state index >= 15 is 0 Å². The van der Waals surface area contributed by atoms with Gasteiger partial charge in [-0.1, -0.05) is 36.7 Å². The van der Waals surface area contributed by atoms with Crippen molar-refractivity contribution in [2.45, 2.75) is 27.2 Å². The van der Waals surface area contributed by atoms with E-state index in [4.69, 9.17) is 16.3 Å². The van der Waals surface area contributed by atoms with Gasteiger partial charge >= 0.3 is 5.97 Å². The Morgan fingerprint density at radius 1 is 1.07 bits per heavy atom. The van der Waals surface area contributed by atoms with Crippen molar-refractivity contribution in [3.8, 4) is 0 Å². The molecule has 0 unspecified atom stereocenters. The Morgan fingerprint density at radius 3 is 2.38 bits per heavy atom. The average molecular weight is 413 g/mol. The van der Waals surface area contributed by atoms with Crippen LogP contribution in [0.4, 0.5) is 11.4 Å². The van der Waals surface area contributed by atoms with Crippen LogP contribution in [0.1, 0.15) is 34.8 Å². The number of carbonyl (C=O) groups is 3. The number of nitrogens with one attached hydrogen (secondary N) is 1. The van der Waals surface area contributed by atoms with E-state index < -0.39 is 17.8 Å². The van der Waals surface area contributed by atoms with Crippen LogP contribution >= 0.6 is 11.6 Å². The fourth-order valence-corrected chi connectivity index (χ4v) is 3.35. The third-order valence-electron chi connectivity index (χ3n) is 4.32. The number of anilines is 2. The molecule has 0 radical (unpaired) electrons. The van der Waals surface area contributed by atoms with Gasteiger partial charge in [-0.15, -0.1) is 0 Å². The summed E-state index contributed by atoms with van der Waals surface area (Å²) in [5.41, 5.74) is 2.88. The van der Waals surface area contributed by atoms with Crippen molar-refractivity contribution in [1.29, 1.82) is 0 Å². The van der Waals surface area contributed by atoms with Gasteiger partial charge in [0.15, 0.2) is 0 Å². The molecule has 1 aliphatic rings. The molecule has 0 spiro atoms. The van der Waals surface area contributed by atoms with Crippen LogP contribution in [0, 0.1) is 13.8 Å².